The van der Waals surface area contributed by atoms with Gasteiger partial charge in [0.05, 0.1) is 27.5 Å². The third kappa shape index (κ3) is 4.37. The molecular formula is C16H23N5O3. The molecule has 0 aliphatic rings. The third-order valence-corrected chi connectivity index (χ3v) is 2.98. The van der Waals surface area contributed by atoms with E-state index in [1.54, 1.807) is 39.7 Å². The van der Waals surface area contributed by atoms with Gasteiger partial charge in [-0.05, 0) is 20.8 Å². The minimum Gasteiger partial charge on any atom is -0.493 e. The summed E-state index contributed by atoms with van der Waals surface area (Å²) in [5.74, 6) is 2.59. The Labute approximate surface area is 141 Å². The minimum atomic E-state index is -0.125. The third-order valence-electron chi connectivity index (χ3n) is 2.98. The molecule has 24 heavy (non-hydrogen) atoms. The summed E-state index contributed by atoms with van der Waals surface area (Å²) < 4.78 is 16.0. The van der Waals surface area contributed by atoms with E-state index in [1.807, 2.05) is 20.8 Å². The Balaban J connectivity index is 2.29. The van der Waals surface area contributed by atoms with Crippen LogP contribution in [0.1, 0.15) is 20.8 Å². The molecule has 1 aromatic heterocycles. The van der Waals surface area contributed by atoms with Crippen LogP contribution in [0.5, 0.6) is 17.2 Å². The Morgan fingerprint density at radius 3 is 2.08 bits per heavy atom. The Bertz CT molecular complexity index is 675. The standard InChI is InChI=1S/C16H23N5O3/c1-16(2,3)20-13-9-17-21-15(19-13)18-10-7-11(22-4)14(24-6)12(8-10)23-5/h7-9H,1-6H3,(H2,18,19,20,21). The second kappa shape index (κ2) is 7.20. The molecule has 2 aromatic rings. The summed E-state index contributed by atoms with van der Waals surface area (Å²) in [6, 6.07) is 3.54. The van der Waals surface area contributed by atoms with E-state index in [-0.39, 0.29) is 5.54 Å². The van der Waals surface area contributed by atoms with Crippen molar-refractivity contribution in [2.75, 3.05) is 32.0 Å². The van der Waals surface area contributed by atoms with Gasteiger partial charge in [0, 0.05) is 23.4 Å². The molecule has 0 saturated carbocycles. The van der Waals surface area contributed by atoms with E-state index in [1.165, 1.54) is 0 Å². The van der Waals surface area contributed by atoms with Crippen LogP contribution in [-0.4, -0.2) is 42.0 Å². The van der Waals surface area contributed by atoms with Crippen molar-refractivity contribution < 1.29 is 14.2 Å². The van der Waals surface area contributed by atoms with Crippen molar-refractivity contribution in [1.29, 1.82) is 0 Å². The van der Waals surface area contributed by atoms with Gasteiger partial charge in [0.2, 0.25) is 11.7 Å². The Morgan fingerprint density at radius 1 is 0.958 bits per heavy atom. The van der Waals surface area contributed by atoms with E-state index >= 15 is 0 Å². The first-order valence-electron chi connectivity index (χ1n) is 7.41. The number of methoxy groups -OCH3 is 3. The van der Waals surface area contributed by atoms with Gasteiger partial charge < -0.3 is 24.8 Å². The van der Waals surface area contributed by atoms with E-state index in [2.05, 4.69) is 25.8 Å². The van der Waals surface area contributed by atoms with Crippen LogP contribution in [0.15, 0.2) is 18.3 Å². The summed E-state index contributed by atoms with van der Waals surface area (Å²) >= 11 is 0. The van der Waals surface area contributed by atoms with Crippen LogP contribution in [0.2, 0.25) is 0 Å². The zero-order chi connectivity index (χ0) is 17.7. The van der Waals surface area contributed by atoms with Gasteiger partial charge in [-0.25, -0.2) is 0 Å². The van der Waals surface area contributed by atoms with Crippen molar-refractivity contribution in [3.8, 4) is 17.2 Å². The highest BCUT2D eigenvalue weighted by Gasteiger charge is 2.15. The van der Waals surface area contributed by atoms with E-state index in [0.717, 1.165) is 0 Å². The zero-order valence-corrected chi connectivity index (χ0v) is 14.8. The fraction of sp³-hybridized carbons (Fsp3) is 0.438. The molecule has 2 rings (SSSR count). The summed E-state index contributed by atoms with van der Waals surface area (Å²) in [6.45, 7) is 6.13. The van der Waals surface area contributed by atoms with Gasteiger partial charge in [0.25, 0.3) is 0 Å². The van der Waals surface area contributed by atoms with Crippen LogP contribution >= 0.6 is 0 Å². The summed E-state index contributed by atoms with van der Waals surface area (Å²) in [5, 5.41) is 14.3. The lowest BCUT2D eigenvalue weighted by atomic mass is 10.1. The molecule has 0 spiro atoms. The fourth-order valence-electron chi connectivity index (χ4n) is 2.08. The number of nitrogens with zero attached hydrogens (tertiary/aromatic N) is 3. The molecule has 1 heterocycles. The number of anilines is 3. The van der Waals surface area contributed by atoms with E-state index in [4.69, 9.17) is 14.2 Å². The minimum absolute atomic E-state index is 0.125. The van der Waals surface area contributed by atoms with Crippen LogP contribution < -0.4 is 24.8 Å². The van der Waals surface area contributed by atoms with Gasteiger partial charge in [-0.3, -0.25) is 0 Å². The molecule has 0 radical (unpaired) electrons. The lowest BCUT2D eigenvalue weighted by Crippen LogP contribution is -2.27. The molecule has 2 N–H and O–H groups in total. The number of aromatic nitrogens is 3. The smallest absolute Gasteiger partial charge is 0.249 e. The van der Waals surface area contributed by atoms with E-state index in [0.29, 0.717) is 34.7 Å². The molecule has 8 nitrogen and oxygen atoms in total. The summed E-state index contributed by atoms with van der Waals surface area (Å²) in [5.41, 5.74) is 0.569. The molecule has 0 aliphatic heterocycles. The maximum absolute atomic E-state index is 5.33. The largest absolute Gasteiger partial charge is 0.493 e. The van der Waals surface area contributed by atoms with Crippen molar-refractivity contribution in [3.05, 3.63) is 18.3 Å². The number of nitrogens with one attached hydrogen (secondary N) is 2. The first-order valence-corrected chi connectivity index (χ1v) is 7.41. The van der Waals surface area contributed by atoms with Crippen LogP contribution in [0.4, 0.5) is 17.5 Å². The maximum atomic E-state index is 5.33. The van der Waals surface area contributed by atoms with Crippen molar-refractivity contribution in [1.82, 2.24) is 15.2 Å². The van der Waals surface area contributed by atoms with Crippen molar-refractivity contribution in [2.45, 2.75) is 26.3 Å². The van der Waals surface area contributed by atoms with Crippen molar-refractivity contribution >= 4 is 17.5 Å². The average molecular weight is 333 g/mol. The van der Waals surface area contributed by atoms with Crippen molar-refractivity contribution in [3.63, 3.8) is 0 Å². The van der Waals surface area contributed by atoms with Crippen LogP contribution in [-0.2, 0) is 0 Å². The van der Waals surface area contributed by atoms with Crippen LogP contribution in [0.3, 0.4) is 0 Å². The van der Waals surface area contributed by atoms with Gasteiger partial charge in [0.1, 0.15) is 0 Å². The molecule has 8 heteroatoms. The molecule has 130 valence electrons. The van der Waals surface area contributed by atoms with Gasteiger partial charge >= 0.3 is 0 Å². The van der Waals surface area contributed by atoms with Crippen LogP contribution in [0.25, 0.3) is 0 Å². The first-order chi connectivity index (χ1) is 11.4. The van der Waals surface area contributed by atoms with E-state index < -0.39 is 0 Å². The van der Waals surface area contributed by atoms with Gasteiger partial charge in [0.15, 0.2) is 17.3 Å². The summed E-state index contributed by atoms with van der Waals surface area (Å²) in [6.07, 6.45) is 1.58. The molecule has 1 aromatic carbocycles. The lowest BCUT2D eigenvalue weighted by Gasteiger charge is -2.21. The summed E-state index contributed by atoms with van der Waals surface area (Å²) in [7, 11) is 4.68. The SMILES string of the molecule is COc1cc(Nc2nncc(NC(C)(C)C)n2)cc(OC)c1OC. The monoisotopic (exact) mass is 333 g/mol. The Kier molecular flexibility index (Phi) is 5.28. The second-order valence-electron chi connectivity index (χ2n) is 6.08. The molecular weight excluding hydrogens is 310 g/mol. The predicted molar refractivity (Wildman–Crippen MR) is 92.6 cm³/mol. The number of ether oxygens (including phenoxy) is 3. The average Bonchev–Trinajstić information content (AvgIpc) is 2.52. The molecule has 0 aliphatic carbocycles. The normalized spacial score (nSPS) is 10.9. The lowest BCUT2D eigenvalue weighted by molar-refractivity contribution is 0.324. The molecule has 0 fully saturated rings. The molecule has 0 atom stereocenters. The highest BCUT2D eigenvalue weighted by atomic mass is 16.5. The quantitative estimate of drug-likeness (QED) is 0.834. The van der Waals surface area contributed by atoms with Gasteiger partial charge in [-0.2, -0.15) is 10.1 Å². The highest BCUT2D eigenvalue weighted by molar-refractivity contribution is 5.65. The predicted octanol–water partition coefficient (Wildman–Crippen LogP) is 2.85. The topological polar surface area (TPSA) is 90.4 Å². The van der Waals surface area contributed by atoms with Crippen LogP contribution in [0, 0.1) is 0 Å². The molecule has 0 saturated heterocycles. The second-order valence-corrected chi connectivity index (χ2v) is 6.08. The van der Waals surface area contributed by atoms with E-state index in [9.17, 15) is 0 Å². The number of hydrogen-bond donors (Lipinski definition) is 2. The Morgan fingerprint density at radius 2 is 1.58 bits per heavy atom. The Hall–Kier alpha value is -2.77. The fourth-order valence-corrected chi connectivity index (χ4v) is 2.08. The first kappa shape index (κ1) is 17.6. The molecule has 0 amide bonds. The van der Waals surface area contributed by atoms with Crippen molar-refractivity contribution in [2.24, 2.45) is 0 Å². The summed E-state index contributed by atoms with van der Waals surface area (Å²) in [4.78, 5) is 4.40. The highest BCUT2D eigenvalue weighted by Crippen LogP contribution is 2.40. The molecule has 0 bridgehead atoms. The van der Waals surface area contributed by atoms with Gasteiger partial charge in [-0.15, -0.1) is 5.10 Å². The molecule has 0 unspecified atom stereocenters. The number of benzene rings is 1. The zero-order valence-electron chi connectivity index (χ0n) is 14.8. The number of hydrogen-bond acceptors (Lipinski definition) is 8. The van der Waals surface area contributed by atoms with Gasteiger partial charge in [-0.1, -0.05) is 0 Å². The maximum Gasteiger partial charge on any atom is 0.249 e. The number of rotatable bonds is 6.